The van der Waals surface area contributed by atoms with Gasteiger partial charge in [0.15, 0.2) is 0 Å². The Balaban J connectivity index is 2.83. The second kappa shape index (κ2) is 5.32. The normalized spacial score (nSPS) is 11.3. The van der Waals surface area contributed by atoms with Crippen LogP contribution in [0.2, 0.25) is 5.02 Å². The van der Waals surface area contributed by atoms with E-state index in [0.29, 0.717) is 15.2 Å². The average Bonchev–Trinajstić information content (AvgIpc) is 2.48. The van der Waals surface area contributed by atoms with Gasteiger partial charge >= 0.3 is 0 Å². The molecule has 1 heterocycles. The molecule has 0 spiro atoms. The predicted molar refractivity (Wildman–Crippen MR) is 65.7 cm³/mol. The number of hydrogen-bond donors (Lipinski definition) is 1. The molecule has 0 saturated carbocycles. The van der Waals surface area contributed by atoms with E-state index in [-0.39, 0.29) is 10.8 Å². The summed E-state index contributed by atoms with van der Waals surface area (Å²) in [6, 6.07) is 1.40. The number of halogens is 2. The van der Waals surface area contributed by atoms with Crippen LogP contribution >= 0.6 is 38.9 Å². The van der Waals surface area contributed by atoms with E-state index in [0.717, 1.165) is 11.3 Å². The number of rotatable bonds is 4. The molecular formula is C8H7BrClNO2S2. The fraction of sp³-hybridized carbons (Fsp3) is 0.250. The van der Waals surface area contributed by atoms with E-state index < -0.39 is 10.0 Å². The van der Waals surface area contributed by atoms with Crippen molar-refractivity contribution >= 4 is 48.9 Å². The molecule has 1 aromatic rings. The van der Waals surface area contributed by atoms with Gasteiger partial charge in [0.2, 0.25) is 10.0 Å². The standard InChI is InChI=1S/C8H7BrClNO2S2/c1-2-3-4-11-15(12,13)7-5-6(10)8(9)14-7/h1,5,11H,3-4H2. The van der Waals surface area contributed by atoms with Crippen molar-refractivity contribution in [1.29, 1.82) is 0 Å². The molecule has 7 heteroatoms. The number of thiophene rings is 1. The molecule has 15 heavy (non-hydrogen) atoms. The second-order valence-electron chi connectivity index (χ2n) is 2.54. The first-order valence-electron chi connectivity index (χ1n) is 3.85. The average molecular weight is 329 g/mol. The van der Waals surface area contributed by atoms with Crippen molar-refractivity contribution in [3.8, 4) is 12.3 Å². The highest BCUT2D eigenvalue weighted by Crippen LogP contribution is 2.34. The van der Waals surface area contributed by atoms with Gasteiger partial charge in [0.1, 0.15) is 4.21 Å². The molecule has 0 amide bonds. The lowest BCUT2D eigenvalue weighted by Crippen LogP contribution is -2.23. The number of hydrogen-bond acceptors (Lipinski definition) is 3. The quantitative estimate of drug-likeness (QED) is 0.682. The van der Waals surface area contributed by atoms with Gasteiger partial charge < -0.3 is 0 Å². The first kappa shape index (κ1) is 13.0. The largest absolute Gasteiger partial charge is 0.250 e. The molecule has 0 aliphatic carbocycles. The van der Waals surface area contributed by atoms with Crippen LogP contribution in [0.5, 0.6) is 0 Å². The summed E-state index contributed by atoms with van der Waals surface area (Å²) in [6.07, 6.45) is 5.37. The Bertz CT molecular complexity index is 470. The maximum Gasteiger partial charge on any atom is 0.250 e. The van der Waals surface area contributed by atoms with Crippen LogP contribution in [0.15, 0.2) is 14.1 Å². The third-order valence-corrected chi connectivity index (χ3v) is 5.86. The van der Waals surface area contributed by atoms with Crippen molar-refractivity contribution in [2.75, 3.05) is 6.54 Å². The van der Waals surface area contributed by atoms with E-state index in [9.17, 15) is 8.42 Å². The summed E-state index contributed by atoms with van der Waals surface area (Å²) in [5.74, 6) is 2.35. The second-order valence-corrected chi connectivity index (χ2v) is 7.31. The van der Waals surface area contributed by atoms with Gasteiger partial charge in [-0.15, -0.1) is 23.7 Å². The molecule has 0 fully saturated rings. The van der Waals surface area contributed by atoms with Gasteiger partial charge in [-0.3, -0.25) is 0 Å². The van der Waals surface area contributed by atoms with Crippen molar-refractivity contribution in [3.63, 3.8) is 0 Å². The van der Waals surface area contributed by atoms with Crippen LogP contribution in [0, 0.1) is 12.3 Å². The van der Waals surface area contributed by atoms with E-state index in [1.165, 1.54) is 6.07 Å². The summed E-state index contributed by atoms with van der Waals surface area (Å²) in [5.41, 5.74) is 0. The van der Waals surface area contributed by atoms with Crippen LogP contribution < -0.4 is 4.72 Å². The van der Waals surface area contributed by atoms with Crippen molar-refractivity contribution in [2.24, 2.45) is 0 Å². The molecule has 0 radical (unpaired) electrons. The SMILES string of the molecule is C#CCCNS(=O)(=O)c1cc(Cl)c(Br)s1. The van der Waals surface area contributed by atoms with E-state index in [4.69, 9.17) is 18.0 Å². The summed E-state index contributed by atoms with van der Waals surface area (Å²) in [6.45, 7) is 0.228. The Kier molecular flexibility index (Phi) is 4.62. The van der Waals surface area contributed by atoms with Crippen molar-refractivity contribution in [3.05, 3.63) is 14.9 Å². The zero-order valence-corrected chi connectivity index (χ0v) is 11.4. The molecule has 82 valence electrons. The lowest BCUT2D eigenvalue weighted by atomic mass is 10.5. The van der Waals surface area contributed by atoms with Gasteiger partial charge in [0.05, 0.1) is 8.81 Å². The lowest BCUT2D eigenvalue weighted by Gasteiger charge is -2.00. The van der Waals surface area contributed by atoms with Gasteiger partial charge in [0, 0.05) is 13.0 Å². The predicted octanol–water partition coefficient (Wildman–Crippen LogP) is 2.47. The fourth-order valence-corrected chi connectivity index (χ4v) is 4.26. The van der Waals surface area contributed by atoms with E-state index in [1.54, 1.807) is 0 Å². The minimum Gasteiger partial charge on any atom is -0.209 e. The molecular weight excluding hydrogens is 322 g/mol. The Morgan fingerprint density at radius 2 is 2.33 bits per heavy atom. The Hall–Kier alpha value is -0.0600. The molecule has 0 saturated heterocycles. The Labute approximate surface area is 106 Å². The van der Waals surface area contributed by atoms with Gasteiger partial charge in [-0.2, -0.15) is 0 Å². The van der Waals surface area contributed by atoms with Gasteiger partial charge in [0.25, 0.3) is 0 Å². The molecule has 1 aromatic heterocycles. The van der Waals surface area contributed by atoms with Crippen LogP contribution in [0.1, 0.15) is 6.42 Å². The highest BCUT2D eigenvalue weighted by Gasteiger charge is 2.17. The van der Waals surface area contributed by atoms with Gasteiger partial charge in [-0.1, -0.05) is 11.6 Å². The molecule has 1 rings (SSSR count). The number of sulfonamides is 1. The maximum atomic E-state index is 11.6. The topological polar surface area (TPSA) is 46.2 Å². The Morgan fingerprint density at radius 1 is 1.67 bits per heavy atom. The molecule has 0 aromatic carbocycles. The van der Waals surface area contributed by atoms with Crippen LogP contribution in [-0.4, -0.2) is 15.0 Å². The van der Waals surface area contributed by atoms with E-state index >= 15 is 0 Å². The van der Waals surface area contributed by atoms with Gasteiger partial charge in [-0.25, -0.2) is 13.1 Å². The fourth-order valence-electron chi connectivity index (χ4n) is 0.788. The summed E-state index contributed by atoms with van der Waals surface area (Å²) in [7, 11) is -3.48. The van der Waals surface area contributed by atoms with Crippen molar-refractivity contribution < 1.29 is 8.42 Å². The van der Waals surface area contributed by atoms with Crippen LogP contribution in [-0.2, 0) is 10.0 Å². The van der Waals surface area contributed by atoms with Crippen molar-refractivity contribution in [2.45, 2.75) is 10.6 Å². The number of nitrogens with one attached hydrogen (secondary N) is 1. The molecule has 0 atom stereocenters. The molecule has 0 aliphatic rings. The highest BCUT2D eigenvalue weighted by molar-refractivity contribution is 9.11. The number of terminal acetylenes is 1. The minimum absolute atomic E-state index is 0.177. The maximum absolute atomic E-state index is 11.6. The first-order chi connectivity index (χ1) is 6.97. The van der Waals surface area contributed by atoms with Crippen molar-refractivity contribution in [1.82, 2.24) is 4.72 Å². The zero-order chi connectivity index (χ0) is 11.5. The van der Waals surface area contributed by atoms with Crippen LogP contribution in [0.25, 0.3) is 0 Å². The zero-order valence-electron chi connectivity index (χ0n) is 7.46. The smallest absolute Gasteiger partial charge is 0.209 e. The molecule has 3 nitrogen and oxygen atoms in total. The third kappa shape index (κ3) is 3.47. The van der Waals surface area contributed by atoms with E-state index in [2.05, 4.69) is 26.6 Å². The molecule has 1 N–H and O–H groups in total. The first-order valence-corrected chi connectivity index (χ1v) is 7.32. The summed E-state index contributed by atoms with van der Waals surface area (Å²) in [4.78, 5) is 0. The third-order valence-electron chi connectivity index (χ3n) is 1.45. The minimum atomic E-state index is -3.48. The summed E-state index contributed by atoms with van der Waals surface area (Å²) >= 11 is 9.95. The lowest BCUT2D eigenvalue weighted by molar-refractivity contribution is 0.584. The summed E-state index contributed by atoms with van der Waals surface area (Å²) < 4.78 is 26.4. The Morgan fingerprint density at radius 3 is 2.80 bits per heavy atom. The van der Waals surface area contributed by atoms with Gasteiger partial charge in [-0.05, 0) is 22.0 Å². The molecule has 0 bridgehead atoms. The monoisotopic (exact) mass is 327 g/mol. The van der Waals surface area contributed by atoms with E-state index in [1.807, 2.05) is 0 Å². The highest BCUT2D eigenvalue weighted by atomic mass is 79.9. The van der Waals surface area contributed by atoms with Crippen LogP contribution in [0.4, 0.5) is 0 Å². The molecule has 0 aliphatic heterocycles. The summed E-state index contributed by atoms with van der Waals surface area (Å²) in [5, 5.41) is 0.386. The van der Waals surface area contributed by atoms with Crippen LogP contribution in [0.3, 0.4) is 0 Å². The molecule has 0 unspecified atom stereocenters.